The molecule has 0 aromatic heterocycles. The number of benzene rings is 2. The summed E-state index contributed by atoms with van der Waals surface area (Å²) in [5, 5.41) is 2.55. The summed E-state index contributed by atoms with van der Waals surface area (Å²) in [7, 11) is 0. The van der Waals surface area contributed by atoms with Crippen LogP contribution in [0.15, 0.2) is 47.4 Å². The van der Waals surface area contributed by atoms with Gasteiger partial charge in [-0.2, -0.15) is 0 Å². The van der Waals surface area contributed by atoms with Gasteiger partial charge in [-0.1, -0.05) is 42.1 Å². The summed E-state index contributed by atoms with van der Waals surface area (Å²) >= 11 is 1.73. The molecule has 2 aromatic carbocycles. The van der Waals surface area contributed by atoms with Crippen LogP contribution in [0.4, 0.5) is 0 Å². The monoisotopic (exact) mass is 246 g/mol. The largest absolute Gasteiger partial charge is 0.375 e. The maximum absolute atomic E-state index is 5.63. The third-order valence-electron chi connectivity index (χ3n) is 2.77. The third-order valence-corrected chi connectivity index (χ3v) is 3.83. The molecule has 0 spiro atoms. The molecular formula is C14H14O2S. The van der Waals surface area contributed by atoms with Gasteiger partial charge in [-0.05, 0) is 22.9 Å². The van der Waals surface area contributed by atoms with Gasteiger partial charge in [0.2, 0.25) is 0 Å². The van der Waals surface area contributed by atoms with Crippen molar-refractivity contribution >= 4 is 22.5 Å². The quantitative estimate of drug-likeness (QED) is 0.810. The van der Waals surface area contributed by atoms with Gasteiger partial charge in [-0.25, -0.2) is 0 Å². The van der Waals surface area contributed by atoms with Crippen molar-refractivity contribution in [3.63, 3.8) is 0 Å². The SMILES string of the molecule is c1ccc2cc(SC3COCCO3)ccc2c1. The molecule has 2 aromatic rings. The molecule has 2 nitrogen and oxygen atoms in total. The maximum atomic E-state index is 5.63. The Kier molecular flexibility index (Phi) is 3.31. The van der Waals surface area contributed by atoms with E-state index in [9.17, 15) is 0 Å². The van der Waals surface area contributed by atoms with Crippen LogP contribution in [0.5, 0.6) is 0 Å². The highest BCUT2D eigenvalue weighted by molar-refractivity contribution is 7.99. The molecule has 0 amide bonds. The molecule has 0 bridgehead atoms. The number of ether oxygens (including phenoxy) is 2. The number of fused-ring (bicyclic) bond motifs is 1. The van der Waals surface area contributed by atoms with Crippen molar-refractivity contribution in [2.75, 3.05) is 19.8 Å². The highest BCUT2D eigenvalue weighted by Gasteiger charge is 2.15. The number of rotatable bonds is 2. The molecule has 88 valence electrons. The van der Waals surface area contributed by atoms with Crippen molar-refractivity contribution in [2.24, 2.45) is 0 Å². The van der Waals surface area contributed by atoms with Crippen molar-refractivity contribution < 1.29 is 9.47 Å². The van der Waals surface area contributed by atoms with Gasteiger partial charge >= 0.3 is 0 Å². The van der Waals surface area contributed by atoms with Crippen LogP contribution in [0.3, 0.4) is 0 Å². The third kappa shape index (κ3) is 2.63. The average molecular weight is 246 g/mol. The second-order valence-electron chi connectivity index (χ2n) is 4.00. The Balaban J connectivity index is 1.80. The Morgan fingerprint density at radius 3 is 2.71 bits per heavy atom. The lowest BCUT2D eigenvalue weighted by molar-refractivity contribution is -0.0498. The van der Waals surface area contributed by atoms with E-state index < -0.39 is 0 Å². The standard InChI is InChI=1S/C14H14O2S/c1-2-4-12-9-13(6-5-11(12)3-1)17-14-10-15-7-8-16-14/h1-6,9,14H,7-8,10H2. The second kappa shape index (κ2) is 5.08. The number of hydrogen-bond acceptors (Lipinski definition) is 3. The Bertz CT molecular complexity index is 506. The van der Waals surface area contributed by atoms with Crippen molar-refractivity contribution in [3.8, 4) is 0 Å². The number of hydrogen-bond donors (Lipinski definition) is 0. The van der Waals surface area contributed by atoms with E-state index in [0.29, 0.717) is 13.2 Å². The van der Waals surface area contributed by atoms with Crippen molar-refractivity contribution in [2.45, 2.75) is 10.3 Å². The highest BCUT2D eigenvalue weighted by atomic mass is 32.2. The molecule has 1 fully saturated rings. The molecule has 1 atom stereocenters. The van der Waals surface area contributed by atoms with E-state index in [4.69, 9.17) is 9.47 Å². The van der Waals surface area contributed by atoms with E-state index in [-0.39, 0.29) is 5.44 Å². The van der Waals surface area contributed by atoms with E-state index in [0.717, 1.165) is 6.61 Å². The zero-order chi connectivity index (χ0) is 11.5. The topological polar surface area (TPSA) is 18.5 Å². The summed E-state index contributed by atoms with van der Waals surface area (Å²) < 4.78 is 11.0. The van der Waals surface area contributed by atoms with Crippen LogP contribution in [0, 0.1) is 0 Å². The van der Waals surface area contributed by atoms with Gasteiger partial charge in [0.25, 0.3) is 0 Å². The van der Waals surface area contributed by atoms with E-state index in [1.54, 1.807) is 11.8 Å². The summed E-state index contributed by atoms with van der Waals surface area (Å²) in [5.74, 6) is 0. The lowest BCUT2D eigenvalue weighted by atomic mass is 10.1. The summed E-state index contributed by atoms with van der Waals surface area (Å²) in [4.78, 5) is 1.24. The van der Waals surface area contributed by atoms with Crippen molar-refractivity contribution in [3.05, 3.63) is 42.5 Å². The van der Waals surface area contributed by atoms with Gasteiger partial charge in [0, 0.05) is 4.90 Å². The molecular weight excluding hydrogens is 232 g/mol. The molecule has 1 unspecified atom stereocenters. The summed E-state index contributed by atoms with van der Waals surface area (Å²) in [6, 6.07) is 14.9. The van der Waals surface area contributed by atoms with Gasteiger partial charge in [0.05, 0.1) is 19.8 Å². The van der Waals surface area contributed by atoms with Crippen LogP contribution < -0.4 is 0 Å². The normalized spacial score (nSPS) is 20.6. The molecule has 3 heteroatoms. The minimum atomic E-state index is 0.130. The van der Waals surface area contributed by atoms with Crippen LogP contribution in [0.25, 0.3) is 10.8 Å². The molecule has 0 saturated carbocycles. The molecule has 1 heterocycles. The molecule has 0 aliphatic carbocycles. The Hall–Kier alpha value is -1.03. The fraction of sp³-hybridized carbons (Fsp3) is 0.286. The Labute approximate surface area is 105 Å². The van der Waals surface area contributed by atoms with E-state index in [1.165, 1.54) is 15.7 Å². The lowest BCUT2D eigenvalue weighted by Gasteiger charge is -2.22. The Morgan fingerprint density at radius 1 is 1.00 bits per heavy atom. The van der Waals surface area contributed by atoms with Crippen LogP contribution in [-0.4, -0.2) is 25.3 Å². The minimum absolute atomic E-state index is 0.130. The average Bonchev–Trinajstić information content (AvgIpc) is 2.40. The summed E-state index contributed by atoms with van der Waals surface area (Å²) in [6.07, 6.45) is 0. The van der Waals surface area contributed by atoms with Crippen LogP contribution in [-0.2, 0) is 9.47 Å². The zero-order valence-corrected chi connectivity index (χ0v) is 10.3. The first-order valence-corrected chi connectivity index (χ1v) is 6.64. The minimum Gasteiger partial charge on any atom is -0.375 e. The molecule has 17 heavy (non-hydrogen) atoms. The molecule has 0 radical (unpaired) electrons. The first-order chi connectivity index (χ1) is 8.42. The molecule has 1 aliphatic heterocycles. The maximum Gasteiger partial charge on any atom is 0.131 e. The molecule has 3 rings (SSSR count). The van der Waals surface area contributed by atoms with E-state index in [1.807, 2.05) is 0 Å². The second-order valence-corrected chi connectivity index (χ2v) is 5.23. The van der Waals surface area contributed by atoms with Gasteiger partial charge in [-0.3, -0.25) is 0 Å². The van der Waals surface area contributed by atoms with Gasteiger partial charge in [0.15, 0.2) is 0 Å². The first kappa shape index (κ1) is 11.1. The lowest BCUT2D eigenvalue weighted by Crippen LogP contribution is -2.25. The number of thioether (sulfide) groups is 1. The smallest absolute Gasteiger partial charge is 0.131 e. The zero-order valence-electron chi connectivity index (χ0n) is 9.46. The van der Waals surface area contributed by atoms with Crippen LogP contribution >= 0.6 is 11.8 Å². The predicted octanol–water partition coefficient (Wildman–Crippen LogP) is 3.30. The van der Waals surface area contributed by atoms with E-state index in [2.05, 4.69) is 42.5 Å². The van der Waals surface area contributed by atoms with Crippen molar-refractivity contribution in [1.29, 1.82) is 0 Å². The van der Waals surface area contributed by atoms with Crippen LogP contribution in [0.1, 0.15) is 0 Å². The Morgan fingerprint density at radius 2 is 1.88 bits per heavy atom. The van der Waals surface area contributed by atoms with E-state index >= 15 is 0 Å². The van der Waals surface area contributed by atoms with Gasteiger partial charge in [-0.15, -0.1) is 0 Å². The highest BCUT2D eigenvalue weighted by Crippen LogP contribution is 2.28. The summed E-state index contributed by atoms with van der Waals surface area (Å²) in [5.41, 5.74) is 0.130. The fourth-order valence-corrected chi connectivity index (χ4v) is 2.90. The van der Waals surface area contributed by atoms with Gasteiger partial charge in [0.1, 0.15) is 5.44 Å². The molecule has 1 saturated heterocycles. The fourth-order valence-electron chi connectivity index (χ4n) is 1.93. The van der Waals surface area contributed by atoms with Crippen LogP contribution in [0.2, 0.25) is 0 Å². The summed E-state index contributed by atoms with van der Waals surface area (Å²) in [6.45, 7) is 2.09. The first-order valence-electron chi connectivity index (χ1n) is 5.77. The molecule has 1 aliphatic rings. The van der Waals surface area contributed by atoms with Crippen molar-refractivity contribution in [1.82, 2.24) is 0 Å². The molecule has 0 N–H and O–H groups in total. The predicted molar refractivity (Wildman–Crippen MR) is 70.4 cm³/mol. The van der Waals surface area contributed by atoms with Gasteiger partial charge < -0.3 is 9.47 Å².